The summed E-state index contributed by atoms with van der Waals surface area (Å²) in [5, 5.41) is 14.9. The van der Waals surface area contributed by atoms with E-state index in [0.717, 1.165) is 6.33 Å². The zero-order valence-electron chi connectivity index (χ0n) is 31.2. The van der Waals surface area contributed by atoms with Crippen LogP contribution in [-0.2, 0) is 19.9 Å². The lowest BCUT2D eigenvalue weighted by molar-refractivity contribution is -0.195. The maximum Gasteiger partial charge on any atom is 0.471 e. The average Bonchev–Trinajstić information content (AvgIpc) is 3.75. The number of anilines is 1. The molecule has 0 unspecified atom stereocenters. The molecule has 0 saturated carbocycles. The summed E-state index contributed by atoms with van der Waals surface area (Å²) < 4.78 is 68.5. The third-order valence-electron chi connectivity index (χ3n) is 10.8. The molecule has 2 fully saturated rings. The van der Waals surface area contributed by atoms with Gasteiger partial charge in [0.15, 0.2) is 23.2 Å². The number of ether oxygens (including phenoxy) is 4. The highest BCUT2D eigenvalue weighted by Crippen LogP contribution is 2.50. The van der Waals surface area contributed by atoms with E-state index in [4.69, 9.17) is 18.9 Å². The molecule has 16 heteroatoms. The van der Waals surface area contributed by atoms with E-state index in [9.17, 15) is 27.9 Å². The summed E-state index contributed by atoms with van der Waals surface area (Å²) in [5.74, 6) is -1.38. The van der Waals surface area contributed by atoms with Crippen LogP contribution < -0.4 is 14.8 Å². The van der Waals surface area contributed by atoms with Crippen LogP contribution in [0.25, 0.3) is 11.2 Å². The van der Waals surface area contributed by atoms with Gasteiger partial charge in [0.05, 0.1) is 27.2 Å². The van der Waals surface area contributed by atoms with Crippen LogP contribution in [0.3, 0.4) is 0 Å². The van der Waals surface area contributed by atoms with E-state index >= 15 is 0 Å². The number of aliphatic hydroxyl groups is 1. The number of fused-ring (bicyclic) bond motifs is 3. The summed E-state index contributed by atoms with van der Waals surface area (Å²) in [6.45, 7) is -0.758. The van der Waals surface area contributed by atoms with Gasteiger partial charge in [-0.1, -0.05) is 72.8 Å². The summed E-state index contributed by atoms with van der Waals surface area (Å²) in [5.41, 5.74) is -0.433. The molecule has 2 N–H and O–H groups in total. The standard InChI is InChI=1S/C42H37F3N6O7/c1-55-30-17-13-28(14-18-30)41(27-11-7-4-8-12-27,29-15-19-31(56-2)20-16-29)57-23-40-21-22-50(39(54)42(43,44)45)33(34(40)52)38(58-40)51-25-48-32-35(46-24-47-36(32)51)49-37(53)26-9-5-3-6-10-26/h3-20,24-25,33-34,38,52H,21-23H2,1-2H3,(H,46,47,49,53)/t33-,34+,38-,40-/m1/s1. The zero-order chi connectivity index (χ0) is 40.7. The molecule has 0 aliphatic carbocycles. The van der Waals surface area contributed by atoms with Crippen molar-refractivity contribution in [3.05, 3.63) is 144 Å². The molecule has 2 saturated heterocycles. The lowest BCUT2D eigenvalue weighted by Gasteiger charge is -2.44. The van der Waals surface area contributed by atoms with Crippen molar-refractivity contribution in [2.24, 2.45) is 0 Å². The SMILES string of the molecule is COc1ccc(C(OC[C@@]23CCN(C(=O)C(F)(F)F)[C@@H]([C@H](n4cnc5c(NC(=O)c6ccccc6)ncnc54)O2)[C@@H]3O)(c2ccccc2)c2ccc(OC)cc2)cc1. The Morgan fingerprint density at radius 3 is 2.02 bits per heavy atom. The number of hydrogen-bond donors (Lipinski definition) is 2. The monoisotopic (exact) mass is 794 g/mol. The van der Waals surface area contributed by atoms with Crippen molar-refractivity contribution in [2.75, 3.05) is 32.7 Å². The van der Waals surface area contributed by atoms with Crippen LogP contribution in [0.15, 0.2) is 122 Å². The molecule has 4 aromatic carbocycles. The Balaban J connectivity index is 1.21. The van der Waals surface area contributed by atoms with Crippen molar-refractivity contribution in [3.8, 4) is 11.5 Å². The van der Waals surface area contributed by atoms with E-state index in [1.54, 1.807) is 68.8 Å². The number of aromatic nitrogens is 4. The first-order valence-corrected chi connectivity index (χ1v) is 18.3. The molecule has 0 spiro atoms. The topological polar surface area (TPSA) is 150 Å². The highest BCUT2D eigenvalue weighted by molar-refractivity contribution is 6.06. The maximum atomic E-state index is 14.2. The summed E-state index contributed by atoms with van der Waals surface area (Å²) in [4.78, 5) is 39.6. The van der Waals surface area contributed by atoms with Gasteiger partial charge in [-0.25, -0.2) is 15.0 Å². The number of aliphatic hydroxyl groups excluding tert-OH is 1. The number of methoxy groups -OCH3 is 2. The summed E-state index contributed by atoms with van der Waals surface area (Å²) in [7, 11) is 3.11. The van der Waals surface area contributed by atoms with Crippen LogP contribution in [0.2, 0.25) is 0 Å². The smallest absolute Gasteiger partial charge is 0.471 e. The van der Waals surface area contributed by atoms with E-state index in [-0.39, 0.29) is 30.0 Å². The highest BCUT2D eigenvalue weighted by atomic mass is 19.4. The van der Waals surface area contributed by atoms with Gasteiger partial charge in [0.2, 0.25) is 0 Å². The predicted octanol–water partition coefficient (Wildman–Crippen LogP) is 5.90. The van der Waals surface area contributed by atoms with Crippen molar-refractivity contribution in [3.63, 3.8) is 0 Å². The molecule has 13 nitrogen and oxygen atoms in total. The van der Waals surface area contributed by atoms with Gasteiger partial charge in [-0.3, -0.25) is 14.2 Å². The number of hydrogen-bond acceptors (Lipinski definition) is 10. The molecule has 2 amide bonds. The lowest BCUT2D eigenvalue weighted by Crippen LogP contribution is -2.62. The second-order valence-electron chi connectivity index (χ2n) is 13.9. The molecule has 2 aromatic heterocycles. The molecule has 2 aliphatic heterocycles. The van der Waals surface area contributed by atoms with Crippen molar-refractivity contribution >= 4 is 28.8 Å². The molecule has 8 rings (SSSR count). The number of halogens is 3. The Morgan fingerprint density at radius 1 is 0.845 bits per heavy atom. The number of rotatable bonds is 11. The Labute approximate surface area is 330 Å². The van der Waals surface area contributed by atoms with Gasteiger partial charge in [-0.2, -0.15) is 13.2 Å². The maximum absolute atomic E-state index is 14.2. The number of nitrogens with zero attached hydrogens (tertiary/aromatic N) is 5. The minimum atomic E-state index is -5.25. The highest BCUT2D eigenvalue weighted by Gasteiger charge is 2.64. The fourth-order valence-corrected chi connectivity index (χ4v) is 7.85. The number of carbonyl (C=O) groups is 2. The van der Waals surface area contributed by atoms with Crippen LogP contribution in [0.1, 0.15) is 39.7 Å². The van der Waals surface area contributed by atoms with Gasteiger partial charge in [0.1, 0.15) is 41.2 Å². The Hall–Kier alpha value is -6.36. The van der Waals surface area contributed by atoms with Crippen LogP contribution in [-0.4, -0.2) is 92.6 Å². The molecule has 2 bridgehead atoms. The predicted molar refractivity (Wildman–Crippen MR) is 203 cm³/mol. The summed E-state index contributed by atoms with van der Waals surface area (Å²) >= 11 is 0. The van der Waals surface area contributed by atoms with Gasteiger partial charge < -0.3 is 34.3 Å². The second kappa shape index (κ2) is 15.2. The van der Waals surface area contributed by atoms with E-state index in [1.165, 1.54) is 10.9 Å². The first-order valence-electron chi connectivity index (χ1n) is 18.3. The first-order chi connectivity index (χ1) is 28.0. The number of alkyl halides is 3. The minimum absolute atomic E-state index is 0.0343. The van der Waals surface area contributed by atoms with Crippen molar-refractivity contribution in [2.45, 2.75) is 42.2 Å². The third-order valence-corrected chi connectivity index (χ3v) is 10.8. The molecule has 0 radical (unpaired) electrons. The van der Waals surface area contributed by atoms with Crippen molar-refractivity contribution < 1.29 is 46.8 Å². The second-order valence-corrected chi connectivity index (χ2v) is 13.9. The number of amides is 2. The molecule has 2 aliphatic rings. The molecular formula is C42H37F3N6O7. The fourth-order valence-electron chi connectivity index (χ4n) is 7.85. The van der Waals surface area contributed by atoms with Crippen molar-refractivity contribution in [1.29, 1.82) is 0 Å². The molecule has 4 atom stereocenters. The minimum Gasteiger partial charge on any atom is -0.497 e. The van der Waals surface area contributed by atoms with Crippen LogP contribution >= 0.6 is 0 Å². The number of imidazole rings is 1. The molecule has 6 aromatic rings. The molecular weight excluding hydrogens is 757 g/mol. The van der Waals surface area contributed by atoms with Crippen LogP contribution in [0.4, 0.5) is 19.0 Å². The van der Waals surface area contributed by atoms with Crippen molar-refractivity contribution in [1.82, 2.24) is 24.4 Å². The van der Waals surface area contributed by atoms with E-state index in [2.05, 4.69) is 20.3 Å². The largest absolute Gasteiger partial charge is 0.497 e. The first kappa shape index (κ1) is 38.5. The van der Waals surface area contributed by atoms with Gasteiger partial charge >= 0.3 is 12.1 Å². The molecule has 4 heterocycles. The van der Waals surface area contributed by atoms with Gasteiger partial charge in [-0.05, 0) is 59.5 Å². The van der Waals surface area contributed by atoms with Gasteiger partial charge in [-0.15, -0.1) is 0 Å². The third kappa shape index (κ3) is 6.68. The van der Waals surface area contributed by atoms with Gasteiger partial charge in [0, 0.05) is 12.1 Å². The number of benzene rings is 4. The lowest BCUT2D eigenvalue weighted by atomic mass is 9.79. The number of nitrogens with one attached hydrogen (secondary N) is 1. The van der Waals surface area contributed by atoms with Crippen LogP contribution in [0, 0.1) is 0 Å². The van der Waals surface area contributed by atoms with Gasteiger partial charge in [0.25, 0.3) is 5.91 Å². The quantitative estimate of drug-likeness (QED) is 0.152. The van der Waals surface area contributed by atoms with E-state index in [0.29, 0.717) is 38.7 Å². The fraction of sp³-hybridized carbons (Fsp3) is 0.262. The van der Waals surface area contributed by atoms with Crippen LogP contribution in [0.5, 0.6) is 11.5 Å². The Bertz CT molecular complexity index is 2370. The summed E-state index contributed by atoms with van der Waals surface area (Å²) in [6.07, 6.45) is -6.16. The number of likely N-dealkylation sites (tertiary alicyclic amines) is 1. The zero-order valence-corrected chi connectivity index (χ0v) is 31.2. The Kier molecular flexibility index (Phi) is 10.1. The Morgan fingerprint density at radius 2 is 1.43 bits per heavy atom. The average molecular weight is 795 g/mol. The summed E-state index contributed by atoms with van der Waals surface area (Å²) in [6, 6.07) is 30.7. The number of carbonyl (C=O) groups excluding carboxylic acids is 2. The molecule has 298 valence electrons. The number of piperidine rings is 1. The normalized spacial score (nSPS) is 20.5. The van der Waals surface area contributed by atoms with E-state index < -0.39 is 54.1 Å². The van der Waals surface area contributed by atoms with E-state index in [1.807, 2.05) is 54.6 Å². The molecule has 58 heavy (non-hydrogen) atoms.